The molecule has 3 atom stereocenters. The first-order valence-electron chi connectivity index (χ1n) is 7.67. The Kier molecular flexibility index (Phi) is 4.51. The lowest BCUT2D eigenvalue weighted by molar-refractivity contribution is -0.137. The van der Waals surface area contributed by atoms with Crippen LogP contribution < -0.4 is 0 Å². The van der Waals surface area contributed by atoms with Crippen LogP contribution >= 0.6 is 23.2 Å². The van der Waals surface area contributed by atoms with Crippen molar-refractivity contribution in [2.45, 2.75) is 36.2 Å². The molecule has 0 N–H and O–H groups in total. The van der Waals surface area contributed by atoms with Crippen LogP contribution in [-0.4, -0.2) is 4.87 Å². The van der Waals surface area contributed by atoms with Crippen molar-refractivity contribution in [1.29, 1.82) is 5.26 Å². The number of alkyl halides is 4. The minimum Gasteiger partial charge on any atom is -0.198 e. The summed E-state index contributed by atoms with van der Waals surface area (Å²) in [5, 5.41) is 8.77. The molecule has 1 aliphatic carbocycles. The molecule has 3 unspecified atom stereocenters. The van der Waals surface area contributed by atoms with Gasteiger partial charge in [0.25, 0.3) is 0 Å². The van der Waals surface area contributed by atoms with Crippen LogP contribution in [0.15, 0.2) is 42.5 Å². The fourth-order valence-electron chi connectivity index (χ4n) is 3.41. The van der Waals surface area contributed by atoms with E-state index in [-0.39, 0.29) is 16.9 Å². The molecule has 130 valence electrons. The summed E-state index contributed by atoms with van der Waals surface area (Å²) in [7, 11) is 0. The van der Waals surface area contributed by atoms with E-state index in [1.54, 1.807) is 6.07 Å². The van der Waals surface area contributed by atoms with Crippen LogP contribution in [0.1, 0.15) is 41.0 Å². The van der Waals surface area contributed by atoms with E-state index in [2.05, 4.69) is 6.07 Å². The normalized spacial score (nSPS) is 25.5. The summed E-state index contributed by atoms with van der Waals surface area (Å²) in [6, 6.07) is 13.1. The van der Waals surface area contributed by atoms with Crippen LogP contribution in [0.25, 0.3) is 0 Å². The van der Waals surface area contributed by atoms with Gasteiger partial charge in [0.1, 0.15) is 0 Å². The third-order valence-corrected chi connectivity index (χ3v) is 5.36. The van der Waals surface area contributed by atoms with E-state index in [1.165, 1.54) is 0 Å². The van der Waals surface area contributed by atoms with Crippen molar-refractivity contribution in [3.63, 3.8) is 0 Å². The minimum atomic E-state index is -4.45. The Bertz CT molecular complexity index is 835. The van der Waals surface area contributed by atoms with Gasteiger partial charge in [0.2, 0.25) is 0 Å². The molecule has 1 aliphatic rings. The number of nitrogens with zero attached hydrogens (tertiary/aromatic N) is 1. The second kappa shape index (κ2) is 6.23. The molecule has 1 fully saturated rings. The van der Waals surface area contributed by atoms with Gasteiger partial charge in [0.15, 0.2) is 0 Å². The number of benzene rings is 2. The van der Waals surface area contributed by atoms with E-state index in [0.717, 1.165) is 23.3 Å². The second-order valence-electron chi connectivity index (χ2n) is 6.45. The predicted molar refractivity (Wildman–Crippen MR) is 92.0 cm³/mol. The molecule has 2 aromatic carbocycles. The maximum atomic E-state index is 13.0. The van der Waals surface area contributed by atoms with Crippen LogP contribution in [0.3, 0.4) is 0 Å². The van der Waals surface area contributed by atoms with E-state index < -0.39 is 16.6 Å². The highest BCUT2D eigenvalue weighted by Gasteiger charge is 2.61. The molecule has 6 heteroatoms. The zero-order valence-corrected chi connectivity index (χ0v) is 14.8. The Morgan fingerprint density at radius 2 is 1.68 bits per heavy atom. The van der Waals surface area contributed by atoms with Crippen LogP contribution in [-0.2, 0) is 12.6 Å². The fraction of sp³-hybridized carbons (Fsp3) is 0.316. The molecule has 1 nitrogen and oxygen atoms in total. The standard InChI is InChI=1S/C19H14Cl2F3N/c1-18(21)16(12-4-2-11(3-5-12)6-7-25)17(18)13-8-14(19(22,23)24)10-15(20)9-13/h2-5,8-10,16-17H,6H2,1H3. The van der Waals surface area contributed by atoms with Crippen molar-refractivity contribution in [2.75, 3.05) is 0 Å². The van der Waals surface area contributed by atoms with Crippen LogP contribution in [0, 0.1) is 11.3 Å². The first-order chi connectivity index (χ1) is 11.6. The van der Waals surface area contributed by atoms with Gasteiger partial charge in [-0.3, -0.25) is 0 Å². The van der Waals surface area contributed by atoms with Gasteiger partial charge in [-0.1, -0.05) is 35.9 Å². The molecule has 0 heterocycles. The van der Waals surface area contributed by atoms with Gasteiger partial charge in [0, 0.05) is 16.9 Å². The average Bonchev–Trinajstić information content (AvgIpc) is 3.09. The molecule has 0 spiro atoms. The Hall–Kier alpha value is -1.70. The van der Waals surface area contributed by atoms with Gasteiger partial charge >= 0.3 is 6.18 Å². The maximum absolute atomic E-state index is 13.0. The maximum Gasteiger partial charge on any atom is 0.416 e. The molecule has 0 amide bonds. The second-order valence-corrected chi connectivity index (χ2v) is 7.70. The predicted octanol–water partition coefficient (Wildman–Crippen LogP) is 6.30. The SMILES string of the molecule is CC1(Cl)C(c2ccc(CC#N)cc2)C1c1cc(Cl)cc(C(F)(F)F)c1. The third-order valence-electron chi connectivity index (χ3n) is 4.67. The zero-order valence-electron chi connectivity index (χ0n) is 13.2. The molecule has 2 aromatic rings. The Morgan fingerprint density at radius 3 is 2.24 bits per heavy atom. The van der Waals surface area contributed by atoms with E-state index >= 15 is 0 Å². The summed E-state index contributed by atoms with van der Waals surface area (Å²) in [4.78, 5) is -0.676. The van der Waals surface area contributed by atoms with Crippen LogP contribution in [0.5, 0.6) is 0 Å². The van der Waals surface area contributed by atoms with E-state index in [0.29, 0.717) is 12.0 Å². The molecule has 25 heavy (non-hydrogen) atoms. The van der Waals surface area contributed by atoms with Gasteiger partial charge in [-0.15, -0.1) is 11.6 Å². The molecule has 0 aromatic heterocycles. The highest BCUT2D eigenvalue weighted by Crippen LogP contribution is 2.67. The Balaban J connectivity index is 1.94. The Labute approximate surface area is 154 Å². The first-order valence-corrected chi connectivity index (χ1v) is 8.42. The molecular formula is C19H14Cl2F3N. The molecule has 1 saturated carbocycles. The van der Waals surface area contributed by atoms with E-state index in [4.69, 9.17) is 28.5 Å². The number of hydrogen-bond donors (Lipinski definition) is 0. The minimum absolute atomic E-state index is 0.0484. The van der Waals surface area contributed by atoms with E-state index in [9.17, 15) is 13.2 Å². The average molecular weight is 384 g/mol. The fourth-order valence-corrected chi connectivity index (χ4v) is 4.09. The molecule has 0 saturated heterocycles. The molecule has 3 rings (SSSR count). The van der Waals surface area contributed by atoms with Crippen molar-refractivity contribution in [2.24, 2.45) is 0 Å². The van der Waals surface area contributed by atoms with Crippen molar-refractivity contribution in [1.82, 2.24) is 0 Å². The molecule has 0 aliphatic heterocycles. The van der Waals surface area contributed by atoms with Crippen molar-refractivity contribution in [3.05, 3.63) is 69.7 Å². The molecular weight excluding hydrogens is 370 g/mol. The lowest BCUT2D eigenvalue weighted by Gasteiger charge is -2.10. The van der Waals surface area contributed by atoms with Gasteiger partial charge in [-0.2, -0.15) is 18.4 Å². The van der Waals surface area contributed by atoms with Crippen LogP contribution in [0.4, 0.5) is 13.2 Å². The highest BCUT2D eigenvalue weighted by atomic mass is 35.5. The summed E-state index contributed by atoms with van der Waals surface area (Å²) in [5.41, 5.74) is 1.56. The zero-order chi connectivity index (χ0) is 18.4. The third kappa shape index (κ3) is 3.49. The summed E-state index contributed by atoms with van der Waals surface area (Å²) in [6.07, 6.45) is -4.14. The number of rotatable bonds is 3. The summed E-state index contributed by atoms with van der Waals surface area (Å²) >= 11 is 12.5. The van der Waals surface area contributed by atoms with Crippen LogP contribution in [0.2, 0.25) is 5.02 Å². The highest BCUT2D eigenvalue weighted by molar-refractivity contribution is 6.31. The summed E-state index contributed by atoms with van der Waals surface area (Å²) in [6.45, 7) is 1.82. The van der Waals surface area contributed by atoms with Crippen molar-refractivity contribution >= 4 is 23.2 Å². The molecule has 0 bridgehead atoms. The lowest BCUT2D eigenvalue weighted by atomic mass is 10.0. The van der Waals surface area contributed by atoms with Crippen molar-refractivity contribution < 1.29 is 13.2 Å². The number of hydrogen-bond acceptors (Lipinski definition) is 1. The monoisotopic (exact) mass is 383 g/mol. The largest absolute Gasteiger partial charge is 0.416 e. The quantitative estimate of drug-likeness (QED) is 0.570. The van der Waals surface area contributed by atoms with Crippen molar-refractivity contribution in [3.8, 4) is 6.07 Å². The van der Waals surface area contributed by atoms with E-state index in [1.807, 2.05) is 31.2 Å². The Morgan fingerprint density at radius 1 is 1.08 bits per heavy atom. The number of nitriles is 1. The van der Waals surface area contributed by atoms with Gasteiger partial charge in [-0.05, 0) is 41.8 Å². The first kappa shape index (κ1) is 18.1. The summed E-state index contributed by atoms with van der Waals surface area (Å²) < 4.78 is 39.1. The van der Waals surface area contributed by atoms with Gasteiger partial charge in [0.05, 0.1) is 22.9 Å². The lowest BCUT2D eigenvalue weighted by Crippen LogP contribution is -2.06. The van der Waals surface area contributed by atoms with Gasteiger partial charge in [-0.25, -0.2) is 0 Å². The van der Waals surface area contributed by atoms with Gasteiger partial charge < -0.3 is 0 Å². The molecule has 0 radical (unpaired) electrons. The summed E-state index contributed by atoms with van der Waals surface area (Å²) in [5.74, 6) is -0.361. The number of halogens is 5. The topological polar surface area (TPSA) is 23.8 Å². The smallest absolute Gasteiger partial charge is 0.198 e.